The number of fused-ring (bicyclic) bond motifs is 1. The fourth-order valence-electron chi connectivity index (χ4n) is 1.94. The van der Waals surface area contributed by atoms with Gasteiger partial charge in [0, 0.05) is 4.70 Å². The molecule has 1 aromatic heterocycles. The number of nitrogens with one attached hydrogen (secondary N) is 2. The smallest absolute Gasteiger partial charge is 0.237 e. The summed E-state index contributed by atoms with van der Waals surface area (Å²) in [7, 11) is -2.24. The summed E-state index contributed by atoms with van der Waals surface area (Å²) in [6.07, 6.45) is 0. The van der Waals surface area contributed by atoms with Crippen LogP contribution in [0.3, 0.4) is 0 Å². The van der Waals surface area contributed by atoms with Gasteiger partial charge < -0.3 is 5.32 Å². The Labute approximate surface area is 122 Å². The first-order chi connectivity index (χ1) is 9.43. The van der Waals surface area contributed by atoms with E-state index in [9.17, 15) is 13.2 Å². The van der Waals surface area contributed by atoms with Crippen molar-refractivity contribution in [2.24, 2.45) is 0 Å². The molecule has 20 heavy (non-hydrogen) atoms. The number of carbonyl (C=O) groups is 1. The van der Waals surface area contributed by atoms with Crippen LogP contribution in [0.5, 0.6) is 0 Å². The first kappa shape index (κ1) is 15.0. The Morgan fingerprint density at radius 1 is 1.35 bits per heavy atom. The van der Waals surface area contributed by atoms with E-state index in [1.54, 1.807) is 11.3 Å². The molecule has 2 rings (SSSR count). The van der Waals surface area contributed by atoms with Gasteiger partial charge in [-0.15, -0.1) is 11.3 Å². The minimum absolute atomic E-state index is 0.231. The van der Waals surface area contributed by atoms with Gasteiger partial charge in [0.2, 0.25) is 15.9 Å². The number of amides is 1. The lowest BCUT2D eigenvalue weighted by molar-refractivity contribution is -0.119. The highest BCUT2D eigenvalue weighted by Gasteiger charge is 2.18. The fourth-order valence-corrected chi connectivity index (χ4v) is 3.57. The molecule has 0 bridgehead atoms. The van der Waals surface area contributed by atoms with Crippen molar-refractivity contribution >= 4 is 37.4 Å². The summed E-state index contributed by atoms with van der Waals surface area (Å²) in [6.45, 7) is 1.85. The third kappa shape index (κ3) is 3.36. The fraction of sp³-hybridized carbons (Fsp3) is 0.308. The zero-order chi connectivity index (χ0) is 14.8. The number of thiophene rings is 1. The number of sulfonamides is 1. The van der Waals surface area contributed by atoms with Gasteiger partial charge in [0.15, 0.2) is 0 Å². The van der Waals surface area contributed by atoms with E-state index >= 15 is 0 Å². The normalized spacial score (nSPS) is 13.3. The zero-order valence-electron chi connectivity index (χ0n) is 11.2. The first-order valence-corrected chi connectivity index (χ1v) is 8.63. The highest BCUT2D eigenvalue weighted by atomic mass is 32.2. The number of rotatable bonds is 5. The summed E-state index contributed by atoms with van der Waals surface area (Å²) in [5.41, 5.74) is 1.00. The van der Waals surface area contributed by atoms with E-state index in [-0.39, 0.29) is 6.04 Å². The van der Waals surface area contributed by atoms with E-state index in [0.29, 0.717) is 0 Å². The Morgan fingerprint density at radius 2 is 2.05 bits per heavy atom. The molecule has 0 radical (unpaired) electrons. The van der Waals surface area contributed by atoms with Crippen molar-refractivity contribution in [3.05, 3.63) is 35.2 Å². The lowest BCUT2D eigenvalue weighted by Crippen LogP contribution is -2.36. The zero-order valence-corrected chi connectivity index (χ0v) is 12.8. The Morgan fingerprint density at radius 3 is 2.75 bits per heavy atom. The Balaban J connectivity index is 2.12. The van der Waals surface area contributed by atoms with Gasteiger partial charge >= 0.3 is 0 Å². The van der Waals surface area contributed by atoms with Gasteiger partial charge in [0.25, 0.3) is 0 Å². The molecule has 1 heterocycles. The molecule has 0 saturated heterocycles. The predicted molar refractivity (Wildman–Crippen MR) is 81.2 cm³/mol. The Hall–Kier alpha value is -1.44. The van der Waals surface area contributed by atoms with E-state index < -0.39 is 21.7 Å². The lowest BCUT2D eigenvalue weighted by Gasteiger charge is -2.13. The van der Waals surface area contributed by atoms with Gasteiger partial charge in [-0.3, -0.25) is 4.79 Å². The van der Waals surface area contributed by atoms with Gasteiger partial charge in [-0.25, -0.2) is 13.1 Å². The van der Waals surface area contributed by atoms with Crippen molar-refractivity contribution in [2.75, 3.05) is 12.8 Å². The van der Waals surface area contributed by atoms with Crippen LogP contribution in [0.1, 0.15) is 18.5 Å². The topological polar surface area (TPSA) is 75.3 Å². The number of hydrogen-bond acceptors (Lipinski definition) is 4. The molecule has 0 aliphatic rings. The Kier molecular flexibility index (Phi) is 4.42. The molecule has 2 N–H and O–H groups in total. The molecule has 5 nitrogen and oxygen atoms in total. The molecule has 7 heteroatoms. The van der Waals surface area contributed by atoms with Gasteiger partial charge in [0.05, 0.1) is 6.04 Å². The quantitative estimate of drug-likeness (QED) is 0.881. The van der Waals surface area contributed by atoms with Crippen molar-refractivity contribution in [2.45, 2.75) is 13.0 Å². The molecule has 1 aromatic carbocycles. The second-order valence-corrected chi connectivity index (χ2v) is 7.28. The molecule has 2 aromatic rings. The molecule has 0 aliphatic carbocycles. The van der Waals surface area contributed by atoms with Crippen LogP contribution >= 0.6 is 11.3 Å². The van der Waals surface area contributed by atoms with Gasteiger partial charge in [0.1, 0.15) is 5.75 Å². The van der Waals surface area contributed by atoms with Crippen LogP contribution in [0.25, 0.3) is 10.1 Å². The number of benzene rings is 1. The van der Waals surface area contributed by atoms with Crippen LogP contribution in [-0.4, -0.2) is 27.1 Å². The lowest BCUT2D eigenvalue weighted by atomic mass is 10.1. The summed E-state index contributed by atoms with van der Waals surface area (Å²) in [5, 5.41) is 5.79. The molecule has 108 valence electrons. The van der Waals surface area contributed by atoms with Gasteiger partial charge in [-0.2, -0.15) is 0 Å². The number of carbonyl (C=O) groups excluding carboxylic acids is 1. The maximum Gasteiger partial charge on any atom is 0.237 e. The largest absolute Gasteiger partial charge is 0.349 e. The summed E-state index contributed by atoms with van der Waals surface area (Å²) in [4.78, 5) is 11.7. The molecular formula is C13H16N2O3S2. The predicted octanol–water partition coefficient (Wildman–Crippen LogP) is 1.63. The molecule has 0 unspecified atom stereocenters. The van der Waals surface area contributed by atoms with E-state index in [2.05, 4.69) is 10.0 Å². The Bertz CT molecular complexity index is 722. The summed E-state index contributed by atoms with van der Waals surface area (Å²) in [5.74, 6) is -1.07. The van der Waals surface area contributed by atoms with Crippen molar-refractivity contribution in [1.82, 2.24) is 10.0 Å². The summed E-state index contributed by atoms with van der Waals surface area (Å²) >= 11 is 1.61. The highest BCUT2D eigenvalue weighted by molar-refractivity contribution is 7.90. The van der Waals surface area contributed by atoms with E-state index in [1.807, 2.05) is 36.6 Å². The summed E-state index contributed by atoms with van der Waals surface area (Å²) < 4.78 is 25.9. The van der Waals surface area contributed by atoms with Crippen LogP contribution in [-0.2, 0) is 14.8 Å². The van der Waals surface area contributed by atoms with E-state index in [4.69, 9.17) is 0 Å². The van der Waals surface area contributed by atoms with E-state index in [0.717, 1.165) is 15.6 Å². The van der Waals surface area contributed by atoms with Crippen molar-refractivity contribution in [3.63, 3.8) is 0 Å². The minimum Gasteiger partial charge on any atom is -0.349 e. The first-order valence-electron chi connectivity index (χ1n) is 6.09. The van der Waals surface area contributed by atoms with Crippen LogP contribution in [0.15, 0.2) is 29.6 Å². The summed E-state index contributed by atoms with van der Waals surface area (Å²) in [6, 6.07) is 7.69. The molecule has 0 spiro atoms. The maximum absolute atomic E-state index is 11.7. The maximum atomic E-state index is 11.7. The molecule has 0 fully saturated rings. The van der Waals surface area contributed by atoms with Crippen LogP contribution < -0.4 is 10.0 Å². The highest BCUT2D eigenvalue weighted by Crippen LogP contribution is 2.29. The average Bonchev–Trinajstić information content (AvgIpc) is 2.81. The standard InChI is InChI=1S/C13H16N2O3S2/c1-9(15-13(16)8-20(17,18)14-2)11-7-19-12-6-4-3-5-10(11)12/h3-7,9,14H,8H2,1-2H3,(H,15,16)/t9-/m1/s1. The monoisotopic (exact) mass is 312 g/mol. The third-order valence-electron chi connectivity index (χ3n) is 2.99. The van der Waals surface area contributed by atoms with Gasteiger partial charge in [-0.1, -0.05) is 18.2 Å². The second kappa shape index (κ2) is 5.90. The molecule has 0 saturated carbocycles. The second-order valence-electron chi connectivity index (χ2n) is 4.44. The van der Waals surface area contributed by atoms with E-state index in [1.165, 1.54) is 7.05 Å². The van der Waals surface area contributed by atoms with Crippen LogP contribution in [0.2, 0.25) is 0 Å². The van der Waals surface area contributed by atoms with Crippen molar-refractivity contribution in [1.29, 1.82) is 0 Å². The van der Waals surface area contributed by atoms with Gasteiger partial charge in [-0.05, 0) is 36.4 Å². The van der Waals surface area contributed by atoms with Crippen molar-refractivity contribution < 1.29 is 13.2 Å². The third-order valence-corrected chi connectivity index (χ3v) is 5.23. The number of hydrogen-bond donors (Lipinski definition) is 2. The molecule has 1 amide bonds. The van der Waals surface area contributed by atoms with Crippen LogP contribution in [0, 0.1) is 0 Å². The van der Waals surface area contributed by atoms with Crippen molar-refractivity contribution in [3.8, 4) is 0 Å². The molecule has 1 atom stereocenters. The SMILES string of the molecule is CNS(=O)(=O)CC(=O)N[C@H](C)c1csc2ccccc12. The average molecular weight is 312 g/mol. The molecule has 0 aliphatic heterocycles. The van der Waals surface area contributed by atoms with Crippen LogP contribution in [0.4, 0.5) is 0 Å². The minimum atomic E-state index is -3.54. The molecular weight excluding hydrogens is 296 g/mol.